The monoisotopic (exact) mass is 312 g/mol. The molecule has 0 spiro atoms. The van der Waals surface area contributed by atoms with Gasteiger partial charge in [-0.2, -0.15) is 13.2 Å². The van der Waals surface area contributed by atoms with Crippen LogP contribution in [0.4, 0.5) is 13.2 Å². The van der Waals surface area contributed by atoms with E-state index in [1.165, 1.54) is 11.8 Å². The van der Waals surface area contributed by atoms with E-state index in [9.17, 15) is 22.8 Å². The van der Waals surface area contributed by atoms with Crippen molar-refractivity contribution in [3.05, 3.63) is 0 Å². The molecule has 0 aromatic carbocycles. The molecule has 1 rings (SSSR count). The van der Waals surface area contributed by atoms with E-state index in [1.54, 1.807) is 20.8 Å². The quantitative estimate of drug-likeness (QED) is 0.867. The van der Waals surface area contributed by atoms with Crippen molar-refractivity contribution in [2.24, 2.45) is 5.41 Å². The van der Waals surface area contributed by atoms with Crippen LogP contribution in [0.15, 0.2) is 0 Å². The summed E-state index contributed by atoms with van der Waals surface area (Å²) in [5.41, 5.74) is -4.87. The van der Waals surface area contributed by atoms with Crippen molar-refractivity contribution in [2.75, 3.05) is 12.3 Å². The van der Waals surface area contributed by atoms with Crippen LogP contribution in [0, 0.1) is 5.41 Å². The summed E-state index contributed by atoms with van der Waals surface area (Å²) in [6.07, 6.45) is 0. The van der Waals surface area contributed by atoms with E-state index in [-0.39, 0.29) is 35.9 Å². The molecule has 1 aliphatic rings. The van der Waals surface area contributed by atoms with Gasteiger partial charge in [0.05, 0.1) is 0 Å². The zero-order valence-corrected chi connectivity index (χ0v) is 12.7. The smallest absolute Gasteiger partial charge is 0.343 e. The van der Waals surface area contributed by atoms with E-state index in [2.05, 4.69) is 5.32 Å². The summed E-state index contributed by atoms with van der Waals surface area (Å²) in [7, 11) is 0. The second kappa shape index (κ2) is 5.83. The second-order valence-electron chi connectivity index (χ2n) is 5.82. The molecule has 2 atom stereocenters. The first-order valence-electron chi connectivity index (χ1n) is 6.25. The van der Waals surface area contributed by atoms with Gasteiger partial charge < -0.3 is 10.2 Å². The molecule has 0 aromatic heterocycles. The Balaban J connectivity index is 2.84. The Morgan fingerprint density at radius 3 is 2.25 bits per heavy atom. The summed E-state index contributed by atoms with van der Waals surface area (Å²) >= 11 is -0.181. The number of halogens is 3. The van der Waals surface area contributed by atoms with Gasteiger partial charge in [0.25, 0.3) is 0 Å². The van der Waals surface area contributed by atoms with Crippen molar-refractivity contribution < 1.29 is 22.8 Å². The van der Waals surface area contributed by atoms with Crippen LogP contribution >= 0.6 is 11.8 Å². The third-order valence-corrected chi connectivity index (χ3v) is 3.70. The molecule has 1 fully saturated rings. The topological polar surface area (TPSA) is 49.4 Å². The van der Waals surface area contributed by atoms with Crippen LogP contribution in [0.2, 0.25) is 0 Å². The number of carbonyl (C=O) groups excluding carboxylic acids is 2. The lowest BCUT2D eigenvalue weighted by atomic mass is 9.83. The number of nitrogens with one attached hydrogen (secondary N) is 1. The van der Waals surface area contributed by atoms with Crippen molar-refractivity contribution in [1.29, 1.82) is 0 Å². The van der Waals surface area contributed by atoms with Gasteiger partial charge in [0, 0.05) is 12.3 Å². The molecule has 8 heteroatoms. The molecule has 1 aliphatic heterocycles. The molecular formula is C12H19F3N2O2S. The Morgan fingerprint density at radius 2 is 1.80 bits per heavy atom. The molecule has 1 saturated heterocycles. The SMILES string of the molecule is CC1NC(=O)C(C(C)(C)C)N(CCSC(F)(F)F)C1=O. The van der Waals surface area contributed by atoms with Gasteiger partial charge in [-0.25, -0.2) is 0 Å². The Hall–Kier alpha value is -0.920. The number of rotatable bonds is 3. The zero-order chi connectivity index (χ0) is 15.7. The highest BCUT2D eigenvalue weighted by atomic mass is 32.2. The first kappa shape index (κ1) is 17.1. The highest BCUT2D eigenvalue weighted by Gasteiger charge is 2.44. The maximum absolute atomic E-state index is 12.2. The van der Waals surface area contributed by atoms with Crippen molar-refractivity contribution >= 4 is 23.6 Å². The summed E-state index contributed by atoms with van der Waals surface area (Å²) in [4.78, 5) is 25.4. The van der Waals surface area contributed by atoms with Gasteiger partial charge in [0.15, 0.2) is 0 Å². The average molecular weight is 312 g/mol. The minimum Gasteiger partial charge on any atom is -0.343 e. The van der Waals surface area contributed by atoms with Gasteiger partial charge in [-0.05, 0) is 24.1 Å². The summed E-state index contributed by atoms with van der Waals surface area (Å²) in [6, 6.07) is -1.45. The van der Waals surface area contributed by atoms with E-state index in [4.69, 9.17) is 0 Å². The molecule has 1 heterocycles. The number of amides is 2. The van der Waals surface area contributed by atoms with E-state index in [0.717, 1.165) is 0 Å². The highest BCUT2D eigenvalue weighted by molar-refractivity contribution is 8.00. The minimum absolute atomic E-state index is 0.0945. The Bertz CT molecular complexity index is 393. The van der Waals surface area contributed by atoms with Crippen molar-refractivity contribution in [3.63, 3.8) is 0 Å². The minimum atomic E-state index is -4.33. The maximum atomic E-state index is 12.2. The summed E-state index contributed by atoms with van der Waals surface area (Å²) in [5, 5.41) is 2.56. The Kier molecular flexibility index (Phi) is 4.99. The summed E-state index contributed by atoms with van der Waals surface area (Å²) in [5.74, 6) is -0.934. The average Bonchev–Trinajstić information content (AvgIpc) is 2.21. The number of carbonyl (C=O) groups is 2. The lowest BCUT2D eigenvalue weighted by Gasteiger charge is -2.44. The molecular weight excluding hydrogens is 293 g/mol. The molecule has 4 nitrogen and oxygen atoms in total. The van der Waals surface area contributed by atoms with Crippen LogP contribution in [-0.4, -0.2) is 46.6 Å². The molecule has 0 bridgehead atoms. The van der Waals surface area contributed by atoms with Crippen molar-refractivity contribution in [3.8, 4) is 0 Å². The van der Waals surface area contributed by atoms with Crippen LogP contribution in [-0.2, 0) is 9.59 Å². The first-order chi connectivity index (χ1) is 8.93. The van der Waals surface area contributed by atoms with Gasteiger partial charge in [-0.3, -0.25) is 9.59 Å². The number of hydrogen-bond donors (Lipinski definition) is 1. The predicted molar refractivity (Wildman–Crippen MR) is 71.1 cm³/mol. The molecule has 0 saturated carbocycles. The predicted octanol–water partition coefficient (Wildman–Crippen LogP) is 2.00. The number of hydrogen-bond acceptors (Lipinski definition) is 3. The van der Waals surface area contributed by atoms with E-state index < -0.39 is 23.0 Å². The highest BCUT2D eigenvalue weighted by Crippen LogP contribution is 2.32. The molecule has 2 amide bonds. The number of thioether (sulfide) groups is 1. The number of nitrogens with zero attached hydrogens (tertiary/aromatic N) is 1. The fourth-order valence-electron chi connectivity index (χ4n) is 2.23. The summed E-state index contributed by atoms with van der Waals surface area (Å²) < 4.78 is 36.5. The zero-order valence-electron chi connectivity index (χ0n) is 11.9. The van der Waals surface area contributed by atoms with Crippen LogP contribution in [0.5, 0.6) is 0 Å². The van der Waals surface area contributed by atoms with Crippen molar-refractivity contribution in [1.82, 2.24) is 10.2 Å². The second-order valence-corrected chi connectivity index (χ2v) is 6.98. The maximum Gasteiger partial charge on any atom is 0.441 e. The normalized spacial score (nSPS) is 24.9. The Labute approximate surface area is 120 Å². The largest absolute Gasteiger partial charge is 0.441 e. The lowest BCUT2D eigenvalue weighted by Crippen LogP contribution is -2.66. The van der Waals surface area contributed by atoms with Gasteiger partial charge in [0.2, 0.25) is 11.8 Å². The summed E-state index contributed by atoms with van der Waals surface area (Å²) in [6.45, 7) is 6.78. The molecule has 116 valence electrons. The Morgan fingerprint density at radius 1 is 1.25 bits per heavy atom. The van der Waals surface area contributed by atoms with E-state index >= 15 is 0 Å². The van der Waals surface area contributed by atoms with Gasteiger partial charge >= 0.3 is 5.51 Å². The lowest BCUT2D eigenvalue weighted by molar-refractivity contribution is -0.152. The molecule has 1 N–H and O–H groups in total. The molecule has 0 radical (unpaired) electrons. The van der Waals surface area contributed by atoms with Crippen LogP contribution in [0.3, 0.4) is 0 Å². The van der Waals surface area contributed by atoms with E-state index in [0.29, 0.717) is 0 Å². The van der Waals surface area contributed by atoms with Gasteiger partial charge in [-0.15, -0.1) is 0 Å². The fraction of sp³-hybridized carbons (Fsp3) is 0.833. The third kappa shape index (κ3) is 4.29. The third-order valence-electron chi connectivity index (χ3n) is 2.99. The van der Waals surface area contributed by atoms with Crippen LogP contribution in [0.1, 0.15) is 27.7 Å². The van der Waals surface area contributed by atoms with Crippen molar-refractivity contribution in [2.45, 2.75) is 45.3 Å². The molecule has 0 aromatic rings. The van der Waals surface area contributed by atoms with Gasteiger partial charge in [-0.1, -0.05) is 20.8 Å². The molecule has 2 unspecified atom stereocenters. The number of alkyl halides is 3. The number of piperazine rings is 1. The standard InChI is InChI=1S/C12H19F3N2O2S/c1-7-10(19)17(5-6-20-12(13,14)15)8(9(18)16-7)11(2,3)4/h7-8H,5-6H2,1-4H3,(H,16,18). The van der Waals surface area contributed by atoms with E-state index in [1.807, 2.05) is 0 Å². The first-order valence-corrected chi connectivity index (χ1v) is 7.23. The molecule has 0 aliphatic carbocycles. The van der Waals surface area contributed by atoms with Gasteiger partial charge in [0.1, 0.15) is 12.1 Å². The van der Waals surface area contributed by atoms with Crippen LogP contribution < -0.4 is 5.32 Å². The van der Waals surface area contributed by atoms with Crippen LogP contribution in [0.25, 0.3) is 0 Å². The fourth-order valence-corrected chi connectivity index (χ4v) is 2.75. The molecule has 20 heavy (non-hydrogen) atoms.